The molecule has 1 atom stereocenters. The summed E-state index contributed by atoms with van der Waals surface area (Å²) in [4.78, 5) is 14.0. The lowest BCUT2D eigenvalue weighted by Crippen LogP contribution is -2.12. The molecule has 3 nitrogen and oxygen atoms in total. The Hall–Kier alpha value is -1.25. The monoisotopic (exact) mass is 251 g/mol. The number of nitrogens with one attached hydrogen (secondary N) is 1. The summed E-state index contributed by atoms with van der Waals surface area (Å²) in [6.07, 6.45) is 6.44. The van der Waals surface area contributed by atoms with Crippen molar-refractivity contribution in [2.24, 2.45) is 11.8 Å². The smallest absolute Gasteiger partial charge is 0.290 e. The van der Waals surface area contributed by atoms with Crippen LogP contribution in [0.4, 0.5) is 0 Å². The summed E-state index contributed by atoms with van der Waals surface area (Å²) in [7, 11) is 0. The first-order valence-corrected chi connectivity index (χ1v) is 6.90. The van der Waals surface area contributed by atoms with Gasteiger partial charge in [-0.15, -0.1) is 0 Å². The van der Waals surface area contributed by atoms with Crippen LogP contribution < -0.4 is 10.3 Å². The highest BCUT2D eigenvalue weighted by Crippen LogP contribution is 2.15. The predicted molar refractivity (Wildman–Crippen MR) is 75.0 cm³/mol. The molecule has 0 bridgehead atoms. The Morgan fingerprint density at radius 2 is 2.00 bits per heavy atom. The van der Waals surface area contributed by atoms with Crippen molar-refractivity contribution < 1.29 is 4.74 Å². The molecule has 0 saturated carbocycles. The van der Waals surface area contributed by atoms with Crippen LogP contribution in [0.25, 0.3) is 0 Å². The number of aromatic nitrogens is 1. The van der Waals surface area contributed by atoms with Crippen LogP contribution in [-0.2, 0) is 0 Å². The molecular weight excluding hydrogens is 226 g/mol. The van der Waals surface area contributed by atoms with Gasteiger partial charge in [-0.2, -0.15) is 0 Å². The molecule has 0 saturated heterocycles. The molecule has 1 N–H and O–H groups in total. The molecule has 1 rings (SSSR count). The average molecular weight is 251 g/mol. The van der Waals surface area contributed by atoms with E-state index in [1.165, 1.54) is 19.3 Å². The maximum Gasteiger partial charge on any atom is 0.290 e. The van der Waals surface area contributed by atoms with Gasteiger partial charge in [0, 0.05) is 6.20 Å². The first-order chi connectivity index (χ1) is 8.59. The molecule has 1 aromatic rings. The van der Waals surface area contributed by atoms with Crippen LogP contribution >= 0.6 is 0 Å². The molecule has 18 heavy (non-hydrogen) atoms. The van der Waals surface area contributed by atoms with Gasteiger partial charge in [0.2, 0.25) is 0 Å². The van der Waals surface area contributed by atoms with Gasteiger partial charge < -0.3 is 9.72 Å². The zero-order chi connectivity index (χ0) is 13.4. The van der Waals surface area contributed by atoms with E-state index in [9.17, 15) is 4.79 Å². The van der Waals surface area contributed by atoms with Crippen molar-refractivity contribution in [2.45, 2.75) is 46.5 Å². The van der Waals surface area contributed by atoms with E-state index in [4.69, 9.17) is 4.74 Å². The molecule has 0 aliphatic heterocycles. The molecule has 0 radical (unpaired) electrons. The number of ether oxygens (including phenoxy) is 1. The Bertz CT molecular complexity index is 384. The molecule has 0 aliphatic rings. The first kappa shape index (κ1) is 14.8. The van der Waals surface area contributed by atoms with E-state index in [2.05, 4.69) is 25.8 Å². The Kier molecular flexibility index (Phi) is 6.55. The second-order valence-electron chi connectivity index (χ2n) is 5.43. The SMILES string of the molecule is CC(C)CCCC(C)CCOc1ccc[nH]c1=O. The third-order valence-electron chi connectivity index (χ3n) is 3.13. The highest BCUT2D eigenvalue weighted by molar-refractivity contribution is 5.15. The molecule has 1 unspecified atom stereocenters. The molecule has 1 aromatic heterocycles. The standard InChI is InChI=1S/C15H25NO2/c1-12(2)6-4-7-13(3)9-11-18-14-8-5-10-16-15(14)17/h5,8,10,12-13H,4,6-7,9,11H2,1-3H3,(H,16,17). The highest BCUT2D eigenvalue weighted by atomic mass is 16.5. The fourth-order valence-electron chi connectivity index (χ4n) is 1.91. The van der Waals surface area contributed by atoms with Crippen molar-refractivity contribution in [3.05, 3.63) is 28.7 Å². The number of rotatable bonds is 8. The van der Waals surface area contributed by atoms with Crippen molar-refractivity contribution in [1.29, 1.82) is 0 Å². The summed E-state index contributed by atoms with van der Waals surface area (Å²) in [5.41, 5.74) is -0.148. The third kappa shape index (κ3) is 5.89. The largest absolute Gasteiger partial charge is 0.488 e. The number of H-pyrrole nitrogens is 1. The zero-order valence-electron chi connectivity index (χ0n) is 11.7. The molecule has 1 heterocycles. The van der Waals surface area contributed by atoms with Gasteiger partial charge in [-0.3, -0.25) is 4.79 Å². The lowest BCUT2D eigenvalue weighted by molar-refractivity contribution is 0.272. The second kappa shape index (κ2) is 7.96. The van der Waals surface area contributed by atoms with Crippen LogP contribution in [0.3, 0.4) is 0 Å². The third-order valence-corrected chi connectivity index (χ3v) is 3.13. The maximum atomic E-state index is 11.4. The first-order valence-electron chi connectivity index (χ1n) is 6.90. The Morgan fingerprint density at radius 1 is 1.22 bits per heavy atom. The van der Waals surface area contributed by atoms with Crippen molar-refractivity contribution in [2.75, 3.05) is 6.61 Å². The fraction of sp³-hybridized carbons (Fsp3) is 0.667. The quantitative estimate of drug-likeness (QED) is 0.767. The summed E-state index contributed by atoms with van der Waals surface area (Å²) in [5.74, 6) is 1.87. The Balaban J connectivity index is 2.18. The van der Waals surface area contributed by atoms with E-state index in [-0.39, 0.29) is 5.56 Å². The van der Waals surface area contributed by atoms with Crippen LogP contribution in [-0.4, -0.2) is 11.6 Å². The summed E-state index contributed by atoms with van der Waals surface area (Å²) in [6, 6.07) is 3.49. The second-order valence-corrected chi connectivity index (χ2v) is 5.43. The number of hydrogen-bond donors (Lipinski definition) is 1. The zero-order valence-corrected chi connectivity index (χ0v) is 11.7. The number of pyridine rings is 1. The minimum absolute atomic E-state index is 0.148. The number of aromatic amines is 1. The van der Waals surface area contributed by atoms with Crippen LogP contribution in [0.15, 0.2) is 23.1 Å². The fourth-order valence-corrected chi connectivity index (χ4v) is 1.91. The molecule has 0 amide bonds. The molecule has 0 aromatic carbocycles. The van der Waals surface area contributed by atoms with Gasteiger partial charge in [-0.25, -0.2) is 0 Å². The van der Waals surface area contributed by atoms with Gasteiger partial charge >= 0.3 is 0 Å². The summed E-state index contributed by atoms with van der Waals surface area (Å²) in [5, 5.41) is 0. The van der Waals surface area contributed by atoms with E-state index >= 15 is 0 Å². The highest BCUT2D eigenvalue weighted by Gasteiger charge is 2.05. The van der Waals surface area contributed by atoms with Crippen LogP contribution in [0.5, 0.6) is 5.75 Å². The maximum absolute atomic E-state index is 11.4. The van der Waals surface area contributed by atoms with Crippen molar-refractivity contribution in [3.63, 3.8) is 0 Å². The lowest BCUT2D eigenvalue weighted by Gasteiger charge is -2.12. The Labute approximate surface area is 110 Å². The van der Waals surface area contributed by atoms with Crippen LogP contribution in [0, 0.1) is 11.8 Å². The summed E-state index contributed by atoms with van der Waals surface area (Å²) >= 11 is 0. The average Bonchev–Trinajstić information content (AvgIpc) is 2.31. The minimum atomic E-state index is -0.148. The molecule has 3 heteroatoms. The normalized spacial score (nSPS) is 12.7. The predicted octanol–water partition coefficient (Wildman–Crippen LogP) is 3.61. The molecule has 102 valence electrons. The molecular formula is C15H25NO2. The van der Waals surface area contributed by atoms with Gasteiger partial charge in [-0.05, 0) is 30.4 Å². The van der Waals surface area contributed by atoms with E-state index < -0.39 is 0 Å². The van der Waals surface area contributed by atoms with E-state index in [1.54, 1.807) is 18.3 Å². The molecule has 0 fully saturated rings. The topological polar surface area (TPSA) is 42.1 Å². The van der Waals surface area contributed by atoms with E-state index in [0.717, 1.165) is 12.3 Å². The van der Waals surface area contributed by atoms with Crippen molar-refractivity contribution >= 4 is 0 Å². The van der Waals surface area contributed by atoms with Gasteiger partial charge in [0.15, 0.2) is 5.75 Å². The van der Waals surface area contributed by atoms with Gasteiger partial charge in [0.25, 0.3) is 5.56 Å². The van der Waals surface area contributed by atoms with Crippen LogP contribution in [0.2, 0.25) is 0 Å². The van der Waals surface area contributed by atoms with Crippen molar-refractivity contribution in [3.8, 4) is 5.75 Å². The molecule has 0 aliphatic carbocycles. The minimum Gasteiger partial charge on any atom is -0.488 e. The van der Waals surface area contributed by atoms with Gasteiger partial charge in [0.05, 0.1) is 6.61 Å². The summed E-state index contributed by atoms with van der Waals surface area (Å²) < 4.78 is 5.49. The van der Waals surface area contributed by atoms with E-state index in [1.807, 2.05) is 0 Å². The van der Waals surface area contributed by atoms with E-state index in [0.29, 0.717) is 18.3 Å². The molecule has 0 spiro atoms. The Morgan fingerprint density at radius 3 is 2.67 bits per heavy atom. The lowest BCUT2D eigenvalue weighted by atomic mass is 9.98. The van der Waals surface area contributed by atoms with Gasteiger partial charge in [0.1, 0.15) is 0 Å². The van der Waals surface area contributed by atoms with Crippen molar-refractivity contribution in [1.82, 2.24) is 4.98 Å². The van der Waals surface area contributed by atoms with Gasteiger partial charge in [-0.1, -0.05) is 40.0 Å². The van der Waals surface area contributed by atoms with Crippen LogP contribution in [0.1, 0.15) is 46.5 Å². The summed E-state index contributed by atoms with van der Waals surface area (Å²) in [6.45, 7) is 7.39. The number of hydrogen-bond acceptors (Lipinski definition) is 2.